The normalized spacial score (nSPS) is 19.9. The second-order valence-corrected chi connectivity index (χ2v) is 5.92. The Morgan fingerprint density at radius 3 is 2.56 bits per heavy atom. The molecule has 7 heteroatoms. The topological polar surface area (TPSA) is 82.8 Å². The third-order valence-electron chi connectivity index (χ3n) is 4.33. The summed E-state index contributed by atoms with van der Waals surface area (Å²) in [4.78, 5) is 15.8. The zero-order valence-electron chi connectivity index (χ0n) is 14.4. The van der Waals surface area contributed by atoms with E-state index in [4.69, 9.17) is 18.6 Å². The zero-order valence-corrected chi connectivity index (χ0v) is 14.4. The molecule has 134 valence electrons. The molecular formula is C18H22N2O5. The van der Waals surface area contributed by atoms with Gasteiger partial charge < -0.3 is 23.9 Å². The number of hydrogen-bond acceptors (Lipinski definition) is 6. The van der Waals surface area contributed by atoms with Crippen LogP contribution in [0.25, 0.3) is 0 Å². The van der Waals surface area contributed by atoms with Crippen molar-refractivity contribution in [3.8, 4) is 17.2 Å². The van der Waals surface area contributed by atoms with E-state index in [-0.39, 0.29) is 23.8 Å². The minimum absolute atomic E-state index is 0.0828. The Morgan fingerprint density at radius 1 is 1.16 bits per heavy atom. The number of rotatable bonds is 6. The van der Waals surface area contributed by atoms with Crippen molar-refractivity contribution in [2.24, 2.45) is 0 Å². The van der Waals surface area contributed by atoms with Crippen molar-refractivity contribution < 1.29 is 23.4 Å². The van der Waals surface area contributed by atoms with Gasteiger partial charge in [-0.1, -0.05) is 6.07 Å². The molecule has 0 saturated heterocycles. The van der Waals surface area contributed by atoms with E-state index in [9.17, 15) is 4.79 Å². The van der Waals surface area contributed by atoms with Crippen LogP contribution in [0, 0.1) is 0 Å². The molecule has 1 fully saturated rings. The predicted octanol–water partition coefficient (Wildman–Crippen LogP) is 2.81. The average Bonchev–Trinajstić information content (AvgIpc) is 3.18. The monoisotopic (exact) mass is 346 g/mol. The van der Waals surface area contributed by atoms with E-state index in [1.54, 1.807) is 14.2 Å². The highest BCUT2D eigenvalue weighted by Crippen LogP contribution is 2.38. The molecular weight excluding hydrogens is 324 g/mol. The molecule has 0 atom stereocenters. The first-order valence-electron chi connectivity index (χ1n) is 8.28. The van der Waals surface area contributed by atoms with Crippen molar-refractivity contribution in [1.29, 1.82) is 0 Å². The van der Waals surface area contributed by atoms with Gasteiger partial charge in [-0.2, -0.15) is 0 Å². The fourth-order valence-electron chi connectivity index (χ4n) is 3.04. The molecule has 1 aliphatic rings. The van der Waals surface area contributed by atoms with Gasteiger partial charge in [-0.25, -0.2) is 4.98 Å². The maximum absolute atomic E-state index is 12.0. The number of benzene rings is 1. The van der Waals surface area contributed by atoms with Crippen LogP contribution in [0.5, 0.6) is 17.2 Å². The van der Waals surface area contributed by atoms with Gasteiger partial charge in [0.15, 0.2) is 17.9 Å². The van der Waals surface area contributed by atoms with Crippen LogP contribution in [0.15, 0.2) is 35.2 Å². The quantitative estimate of drug-likeness (QED) is 0.866. The minimum atomic E-state index is -0.226. The van der Waals surface area contributed by atoms with E-state index in [0.717, 1.165) is 25.7 Å². The highest BCUT2D eigenvalue weighted by molar-refractivity contribution is 5.91. The first-order chi connectivity index (χ1) is 12.2. The van der Waals surface area contributed by atoms with E-state index in [1.807, 2.05) is 18.2 Å². The highest BCUT2D eigenvalue weighted by atomic mass is 16.5. The lowest BCUT2D eigenvalue weighted by atomic mass is 9.93. The first-order valence-corrected chi connectivity index (χ1v) is 8.28. The summed E-state index contributed by atoms with van der Waals surface area (Å²) in [5, 5.41) is 2.97. The molecule has 1 saturated carbocycles. The van der Waals surface area contributed by atoms with Crippen molar-refractivity contribution in [3.63, 3.8) is 0 Å². The summed E-state index contributed by atoms with van der Waals surface area (Å²) >= 11 is 0. The van der Waals surface area contributed by atoms with Crippen LogP contribution >= 0.6 is 0 Å². The Hall–Kier alpha value is -2.70. The summed E-state index contributed by atoms with van der Waals surface area (Å²) < 4.78 is 21.8. The smallest absolute Gasteiger partial charge is 0.288 e. The van der Waals surface area contributed by atoms with Crippen LogP contribution in [0.2, 0.25) is 0 Å². The summed E-state index contributed by atoms with van der Waals surface area (Å²) in [7, 11) is 3.20. The number of carbonyl (C=O) groups is 1. The van der Waals surface area contributed by atoms with Crippen LogP contribution in [-0.2, 0) is 0 Å². The third-order valence-corrected chi connectivity index (χ3v) is 4.33. The van der Waals surface area contributed by atoms with Crippen LogP contribution in [0.3, 0.4) is 0 Å². The van der Waals surface area contributed by atoms with E-state index >= 15 is 0 Å². The fourth-order valence-corrected chi connectivity index (χ4v) is 3.04. The molecule has 2 aromatic rings. The van der Waals surface area contributed by atoms with Gasteiger partial charge in [-0.05, 0) is 37.8 Å². The molecule has 0 unspecified atom stereocenters. The number of ether oxygens (including phenoxy) is 3. The van der Waals surface area contributed by atoms with E-state index in [1.165, 1.54) is 12.6 Å². The molecule has 1 aromatic carbocycles. The summed E-state index contributed by atoms with van der Waals surface area (Å²) in [6, 6.07) is 5.70. The SMILES string of the molecule is COc1cccc(OC2CCC(NC(=O)c3cnco3)CC2)c1OC. The van der Waals surface area contributed by atoms with Crippen LogP contribution in [0.4, 0.5) is 0 Å². The van der Waals surface area contributed by atoms with Gasteiger partial charge in [0.25, 0.3) is 5.91 Å². The fraction of sp³-hybridized carbons (Fsp3) is 0.444. The zero-order chi connectivity index (χ0) is 17.6. The molecule has 0 radical (unpaired) electrons. The number of nitrogens with one attached hydrogen (secondary N) is 1. The minimum Gasteiger partial charge on any atom is -0.493 e. The van der Waals surface area contributed by atoms with Crippen molar-refractivity contribution in [3.05, 3.63) is 36.5 Å². The Bertz CT molecular complexity index is 693. The lowest BCUT2D eigenvalue weighted by Gasteiger charge is -2.29. The molecule has 3 rings (SSSR count). The lowest BCUT2D eigenvalue weighted by molar-refractivity contribution is 0.0864. The Balaban J connectivity index is 1.54. The standard InChI is InChI=1S/C18H22N2O5/c1-22-14-4-3-5-15(17(14)23-2)25-13-8-6-12(7-9-13)20-18(21)16-10-19-11-24-16/h3-5,10-13H,6-9H2,1-2H3,(H,20,21). The summed E-state index contributed by atoms with van der Waals surface area (Å²) in [6.45, 7) is 0. The Kier molecular flexibility index (Phi) is 5.42. The molecule has 1 amide bonds. The second-order valence-electron chi connectivity index (χ2n) is 5.92. The van der Waals surface area contributed by atoms with Crippen molar-refractivity contribution in [2.75, 3.05) is 14.2 Å². The highest BCUT2D eigenvalue weighted by Gasteiger charge is 2.25. The molecule has 25 heavy (non-hydrogen) atoms. The average molecular weight is 346 g/mol. The third kappa shape index (κ3) is 4.04. The number of amides is 1. The van der Waals surface area contributed by atoms with Crippen molar-refractivity contribution in [2.45, 2.75) is 37.8 Å². The number of aromatic nitrogens is 1. The molecule has 0 spiro atoms. The van der Waals surface area contributed by atoms with Gasteiger partial charge in [0.05, 0.1) is 26.5 Å². The van der Waals surface area contributed by atoms with E-state index in [2.05, 4.69) is 10.3 Å². The Morgan fingerprint density at radius 2 is 1.92 bits per heavy atom. The number of nitrogens with zero attached hydrogens (tertiary/aromatic N) is 1. The van der Waals surface area contributed by atoms with E-state index in [0.29, 0.717) is 17.2 Å². The molecule has 1 heterocycles. The summed E-state index contributed by atoms with van der Waals surface area (Å²) in [5.74, 6) is 1.94. The van der Waals surface area contributed by atoms with Crippen LogP contribution in [0.1, 0.15) is 36.2 Å². The van der Waals surface area contributed by atoms with Gasteiger partial charge in [0.1, 0.15) is 0 Å². The molecule has 0 bridgehead atoms. The predicted molar refractivity (Wildman–Crippen MR) is 90.2 cm³/mol. The van der Waals surface area contributed by atoms with Gasteiger partial charge >= 0.3 is 0 Å². The van der Waals surface area contributed by atoms with Crippen molar-refractivity contribution in [1.82, 2.24) is 10.3 Å². The number of carbonyl (C=O) groups excluding carboxylic acids is 1. The van der Waals surface area contributed by atoms with E-state index < -0.39 is 0 Å². The van der Waals surface area contributed by atoms with Crippen LogP contribution in [-0.4, -0.2) is 37.3 Å². The number of methoxy groups -OCH3 is 2. The number of para-hydroxylation sites is 1. The molecule has 1 aliphatic carbocycles. The number of oxazole rings is 1. The molecule has 7 nitrogen and oxygen atoms in total. The lowest BCUT2D eigenvalue weighted by Crippen LogP contribution is -2.39. The maximum Gasteiger partial charge on any atom is 0.288 e. The number of hydrogen-bond donors (Lipinski definition) is 1. The van der Waals surface area contributed by atoms with Gasteiger partial charge in [-0.15, -0.1) is 0 Å². The second kappa shape index (κ2) is 7.92. The van der Waals surface area contributed by atoms with Crippen molar-refractivity contribution >= 4 is 5.91 Å². The molecule has 0 aliphatic heterocycles. The summed E-state index contributed by atoms with van der Waals surface area (Å²) in [5.41, 5.74) is 0. The first kappa shape index (κ1) is 17.1. The molecule has 1 aromatic heterocycles. The largest absolute Gasteiger partial charge is 0.493 e. The van der Waals surface area contributed by atoms with Gasteiger partial charge in [0, 0.05) is 6.04 Å². The summed E-state index contributed by atoms with van der Waals surface area (Å²) in [6.07, 6.45) is 6.14. The maximum atomic E-state index is 12.0. The van der Waals surface area contributed by atoms with Gasteiger partial charge in [0.2, 0.25) is 11.5 Å². The Labute approximate surface area is 146 Å². The molecule has 1 N–H and O–H groups in total. The van der Waals surface area contributed by atoms with Gasteiger partial charge in [-0.3, -0.25) is 4.79 Å². The van der Waals surface area contributed by atoms with Crippen LogP contribution < -0.4 is 19.5 Å².